The minimum absolute atomic E-state index is 0.340. The summed E-state index contributed by atoms with van der Waals surface area (Å²) in [6.45, 7) is 13.3. The molecule has 0 aromatic heterocycles. The Hall–Kier alpha value is -3.43. The van der Waals surface area contributed by atoms with Gasteiger partial charge in [-0.1, -0.05) is 31.3 Å². The van der Waals surface area contributed by atoms with Gasteiger partial charge in [0.25, 0.3) is 0 Å². The van der Waals surface area contributed by atoms with E-state index >= 15 is 0 Å². The predicted molar refractivity (Wildman–Crippen MR) is 142 cm³/mol. The van der Waals surface area contributed by atoms with Crippen molar-refractivity contribution in [1.82, 2.24) is 0 Å². The normalized spacial score (nSPS) is 27.8. The van der Waals surface area contributed by atoms with E-state index in [1.807, 2.05) is 20.8 Å². The number of allylic oxidation sites excluding steroid dienone is 1. The molecule has 0 saturated carbocycles. The summed E-state index contributed by atoms with van der Waals surface area (Å²) in [7, 11) is 0. The lowest BCUT2D eigenvalue weighted by Gasteiger charge is -2.46. The highest BCUT2D eigenvalue weighted by atomic mass is 16.7. The Morgan fingerprint density at radius 3 is 1.95 bits per heavy atom. The molecule has 0 amide bonds. The molecule has 1 saturated heterocycles. The SMILES string of the molecule is CC(=O)OC[C@H]1O[C@@H](O[C@@H]2CC(C)=C(C#C[C@H](C)OC(C)=O)C(C)(C)C2)[C@H](OC(C)=O)[C@@H](OC(C)=O)[C@@H]1OC(C)=O. The van der Waals surface area contributed by atoms with Crippen LogP contribution in [0.15, 0.2) is 11.1 Å². The van der Waals surface area contributed by atoms with Gasteiger partial charge in [0.15, 0.2) is 30.7 Å². The molecule has 0 N–H and O–H groups in total. The largest absolute Gasteiger partial charge is 0.463 e. The zero-order chi connectivity index (χ0) is 31.1. The van der Waals surface area contributed by atoms with Gasteiger partial charge >= 0.3 is 29.8 Å². The van der Waals surface area contributed by atoms with Crippen LogP contribution in [0.1, 0.15) is 75.2 Å². The Bertz CT molecular complexity index is 1110. The second-order valence-electron chi connectivity index (χ2n) is 10.8. The van der Waals surface area contributed by atoms with Crippen LogP contribution in [-0.4, -0.2) is 79.4 Å². The van der Waals surface area contributed by atoms with Gasteiger partial charge in [-0.15, -0.1) is 0 Å². The number of carbonyl (C=O) groups is 5. The molecule has 2 aliphatic rings. The lowest BCUT2D eigenvalue weighted by atomic mass is 9.71. The average Bonchev–Trinajstić information content (AvgIpc) is 2.79. The highest BCUT2D eigenvalue weighted by Gasteiger charge is 2.53. The summed E-state index contributed by atoms with van der Waals surface area (Å²) in [6.07, 6.45) is -6.31. The summed E-state index contributed by atoms with van der Waals surface area (Å²) in [6, 6.07) is 0. The molecule has 12 heteroatoms. The first kappa shape index (κ1) is 33.8. The average molecular weight is 581 g/mol. The van der Waals surface area contributed by atoms with E-state index < -0.39 is 78.2 Å². The molecule has 0 unspecified atom stereocenters. The molecule has 0 aromatic carbocycles. The fourth-order valence-electron chi connectivity index (χ4n) is 5.08. The third-order valence-corrected chi connectivity index (χ3v) is 6.39. The quantitative estimate of drug-likeness (QED) is 0.236. The van der Waals surface area contributed by atoms with E-state index in [-0.39, 0.29) is 6.61 Å². The molecular weight excluding hydrogens is 540 g/mol. The summed E-state index contributed by atoms with van der Waals surface area (Å²) < 4.78 is 39.1. The summed E-state index contributed by atoms with van der Waals surface area (Å²) >= 11 is 0. The van der Waals surface area contributed by atoms with Crippen LogP contribution >= 0.6 is 0 Å². The van der Waals surface area contributed by atoms with Crippen LogP contribution < -0.4 is 0 Å². The molecule has 1 aliphatic heterocycles. The number of hydrogen-bond donors (Lipinski definition) is 0. The van der Waals surface area contributed by atoms with E-state index in [0.29, 0.717) is 12.8 Å². The third-order valence-electron chi connectivity index (χ3n) is 6.39. The van der Waals surface area contributed by atoms with E-state index in [9.17, 15) is 24.0 Å². The summed E-state index contributed by atoms with van der Waals surface area (Å²) in [4.78, 5) is 58.9. The Morgan fingerprint density at radius 1 is 0.878 bits per heavy atom. The van der Waals surface area contributed by atoms with Crippen LogP contribution in [0.25, 0.3) is 0 Å². The van der Waals surface area contributed by atoms with Crippen molar-refractivity contribution in [1.29, 1.82) is 0 Å². The Morgan fingerprint density at radius 2 is 1.44 bits per heavy atom. The molecule has 0 radical (unpaired) electrons. The van der Waals surface area contributed by atoms with Crippen LogP contribution in [0.2, 0.25) is 0 Å². The zero-order valence-electron chi connectivity index (χ0n) is 25.1. The first-order chi connectivity index (χ1) is 19.0. The van der Waals surface area contributed by atoms with Gasteiger partial charge < -0.3 is 33.2 Å². The van der Waals surface area contributed by atoms with Crippen molar-refractivity contribution in [3.05, 3.63) is 11.1 Å². The van der Waals surface area contributed by atoms with E-state index in [1.54, 1.807) is 6.92 Å². The zero-order valence-corrected chi connectivity index (χ0v) is 25.1. The van der Waals surface area contributed by atoms with E-state index in [0.717, 1.165) is 25.0 Å². The molecule has 1 fully saturated rings. The lowest BCUT2D eigenvalue weighted by molar-refractivity contribution is -0.318. The van der Waals surface area contributed by atoms with Crippen LogP contribution in [0, 0.1) is 17.3 Å². The van der Waals surface area contributed by atoms with Crippen molar-refractivity contribution in [2.45, 2.75) is 118 Å². The van der Waals surface area contributed by atoms with Crippen molar-refractivity contribution in [3.8, 4) is 11.8 Å². The fraction of sp³-hybridized carbons (Fsp3) is 0.690. The summed E-state index contributed by atoms with van der Waals surface area (Å²) in [5, 5.41) is 0. The van der Waals surface area contributed by atoms with Gasteiger partial charge in [-0.25, -0.2) is 0 Å². The molecular formula is C29H40O12. The molecule has 12 nitrogen and oxygen atoms in total. The van der Waals surface area contributed by atoms with Crippen molar-refractivity contribution >= 4 is 29.8 Å². The summed E-state index contributed by atoms with van der Waals surface area (Å²) in [5.41, 5.74) is 1.38. The van der Waals surface area contributed by atoms with Gasteiger partial charge in [-0.05, 0) is 26.7 Å². The fourth-order valence-corrected chi connectivity index (χ4v) is 5.08. The van der Waals surface area contributed by atoms with Gasteiger partial charge in [0, 0.05) is 45.6 Å². The molecule has 1 aliphatic carbocycles. The maximum absolute atomic E-state index is 12.1. The molecule has 7 atom stereocenters. The van der Waals surface area contributed by atoms with Crippen LogP contribution in [0.3, 0.4) is 0 Å². The predicted octanol–water partition coefficient (Wildman–Crippen LogP) is 2.55. The number of rotatable bonds is 8. The van der Waals surface area contributed by atoms with Crippen LogP contribution in [0.4, 0.5) is 0 Å². The second kappa shape index (κ2) is 14.5. The number of esters is 5. The van der Waals surface area contributed by atoms with Crippen molar-refractivity contribution < 1.29 is 57.1 Å². The smallest absolute Gasteiger partial charge is 0.303 e. The second-order valence-corrected chi connectivity index (χ2v) is 10.8. The minimum Gasteiger partial charge on any atom is -0.463 e. The van der Waals surface area contributed by atoms with Gasteiger partial charge in [0.2, 0.25) is 0 Å². The maximum atomic E-state index is 12.1. The van der Waals surface area contributed by atoms with Crippen LogP contribution in [0.5, 0.6) is 0 Å². The number of hydrogen-bond acceptors (Lipinski definition) is 12. The van der Waals surface area contributed by atoms with Crippen molar-refractivity contribution in [2.24, 2.45) is 5.41 Å². The Labute approximate surface area is 240 Å². The van der Waals surface area contributed by atoms with Gasteiger partial charge in [-0.2, -0.15) is 0 Å². The van der Waals surface area contributed by atoms with Gasteiger partial charge in [-0.3, -0.25) is 24.0 Å². The van der Waals surface area contributed by atoms with E-state index in [2.05, 4.69) is 11.8 Å². The maximum Gasteiger partial charge on any atom is 0.303 e. The first-order valence-corrected chi connectivity index (χ1v) is 13.3. The van der Waals surface area contributed by atoms with E-state index in [1.165, 1.54) is 20.8 Å². The monoisotopic (exact) mass is 580 g/mol. The lowest BCUT2D eigenvalue weighted by Crippen LogP contribution is -2.63. The van der Waals surface area contributed by atoms with Gasteiger partial charge in [0.05, 0.1) is 6.10 Å². The van der Waals surface area contributed by atoms with Crippen molar-refractivity contribution in [2.75, 3.05) is 6.61 Å². The van der Waals surface area contributed by atoms with Crippen LogP contribution in [-0.2, 0) is 57.1 Å². The van der Waals surface area contributed by atoms with E-state index in [4.69, 9.17) is 33.2 Å². The highest BCUT2D eigenvalue weighted by molar-refractivity contribution is 5.69. The molecule has 228 valence electrons. The molecule has 0 bridgehead atoms. The standard InChI is InChI=1S/C29H40O12/c1-15-12-22(13-29(8,9)23(15)11-10-16(2)36-18(4)31)40-28-27(39-21(7)34)26(38-20(6)33)25(37-19(5)32)24(41-28)14-35-17(3)30/h16,22,24-28H,12-14H2,1-9H3/t16-,22+,24+,25+,26-,27+,28+/m0/s1. The molecule has 2 rings (SSSR count). The molecule has 0 spiro atoms. The minimum atomic E-state index is -1.31. The summed E-state index contributed by atoms with van der Waals surface area (Å²) in [5.74, 6) is 2.95. The number of ether oxygens (including phenoxy) is 7. The molecule has 1 heterocycles. The van der Waals surface area contributed by atoms with Crippen molar-refractivity contribution in [3.63, 3.8) is 0 Å². The first-order valence-electron chi connectivity index (χ1n) is 13.3. The molecule has 41 heavy (non-hydrogen) atoms. The topological polar surface area (TPSA) is 150 Å². The Balaban J connectivity index is 2.42. The Kier molecular flexibility index (Phi) is 11.9. The molecule has 0 aromatic rings. The number of carbonyl (C=O) groups excluding carboxylic acids is 5. The highest BCUT2D eigenvalue weighted by Crippen LogP contribution is 2.42. The third kappa shape index (κ3) is 10.2. The van der Waals surface area contributed by atoms with Gasteiger partial charge in [0.1, 0.15) is 12.7 Å².